The number of ether oxygens (including phenoxy) is 1. The lowest BCUT2D eigenvalue weighted by atomic mass is 11.3. The zero-order valence-electron chi connectivity index (χ0n) is 5.57. The largest absolute Gasteiger partial charge is 0.553 e. The molecule has 0 spiro atoms. The smallest absolute Gasteiger partial charge is 0.449 e. The normalized spacial score (nSPS) is 10.5. The predicted molar refractivity (Wildman–Crippen MR) is 29.3 cm³/mol. The number of carboxylic acid groups (broad SMARTS) is 1. The molecule has 0 aromatic carbocycles. The molecule has 0 aliphatic heterocycles. The van der Waals surface area contributed by atoms with E-state index in [9.17, 15) is 18.0 Å². The van der Waals surface area contributed by atoms with Crippen LogP contribution in [0.2, 0.25) is 0 Å². The molecule has 0 aromatic rings. The Hall–Kier alpha value is -1.43. The minimum Gasteiger partial charge on any atom is -0.449 e. The topological polar surface area (TPSA) is 146 Å². The lowest BCUT2D eigenvalue weighted by molar-refractivity contribution is -0.435. The molecule has 0 fully saturated rings. The minimum absolute atomic E-state index is 1.89. The zero-order chi connectivity index (χ0) is 10.5. The van der Waals surface area contributed by atoms with Crippen LogP contribution < -0.4 is 0 Å². The van der Waals surface area contributed by atoms with Gasteiger partial charge in [0.1, 0.15) is 0 Å². The van der Waals surface area contributed by atoms with Crippen LogP contribution in [0.4, 0.5) is 9.59 Å². The van der Waals surface area contributed by atoms with Crippen LogP contribution in [-0.2, 0) is 29.4 Å². The van der Waals surface area contributed by atoms with E-state index in [2.05, 4.69) is 19.0 Å². The predicted octanol–water partition coefficient (Wildman–Crippen LogP) is -0.516. The van der Waals surface area contributed by atoms with E-state index in [0.717, 1.165) is 0 Å². The van der Waals surface area contributed by atoms with Crippen LogP contribution in [0.5, 0.6) is 0 Å². The van der Waals surface area contributed by atoms with Crippen LogP contribution in [-0.4, -0.2) is 30.4 Å². The van der Waals surface area contributed by atoms with Crippen LogP contribution in [0.15, 0.2) is 0 Å². The Kier molecular flexibility index (Phi) is 4.06. The van der Waals surface area contributed by atoms with Crippen LogP contribution >= 0.6 is 0 Å². The highest BCUT2D eigenvalue weighted by molar-refractivity contribution is 7.80. The maximum Gasteiger partial charge on any atom is 0.553 e. The van der Waals surface area contributed by atoms with Gasteiger partial charge in [0.25, 0.3) is 0 Å². The van der Waals surface area contributed by atoms with Gasteiger partial charge in [-0.25, -0.2) is 9.68 Å². The molecule has 13 heavy (non-hydrogen) atoms. The van der Waals surface area contributed by atoms with E-state index in [4.69, 9.17) is 9.66 Å². The molecule has 0 bridgehead atoms. The first kappa shape index (κ1) is 11.6. The van der Waals surface area contributed by atoms with Crippen LogP contribution in [0, 0.1) is 0 Å². The van der Waals surface area contributed by atoms with Gasteiger partial charge >= 0.3 is 22.7 Å². The summed E-state index contributed by atoms with van der Waals surface area (Å²) in [6.07, 6.45) is -3.89. The number of hydrogen-bond donors (Lipinski definition) is 2. The fourth-order valence-corrected chi connectivity index (χ4v) is 0.263. The summed E-state index contributed by atoms with van der Waals surface area (Å²) >= 11 is 0. The van der Waals surface area contributed by atoms with Crippen molar-refractivity contribution in [1.29, 1.82) is 0 Å². The van der Waals surface area contributed by atoms with E-state index >= 15 is 0 Å². The van der Waals surface area contributed by atoms with Crippen LogP contribution in [0.1, 0.15) is 0 Å². The van der Waals surface area contributed by atoms with E-state index in [1.165, 1.54) is 0 Å². The first-order valence-electron chi connectivity index (χ1n) is 2.26. The van der Waals surface area contributed by atoms with Gasteiger partial charge in [-0.1, -0.05) is 0 Å². The lowest BCUT2D eigenvalue weighted by Crippen LogP contribution is -2.14. The Bertz CT molecular complexity index is 286. The highest BCUT2D eigenvalue weighted by Crippen LogP contribution is 1.92. The SMILES string of the molecule is O=C(O)OC(=O)OOOS(=O)(=O)O. The Morgan fingerprint density at radius 1 is 1.23 bits per heavy atom. The van der Waals surface area contributed by atoms with Crippen molar-refractivity contribution in [3.63, 3.8) is 0 Å². The third kappa shape index (κ3) is 8.48. The van der Waals surface area contributed by atoms with E-state index in [1.807, 2.05) is 0 Å². The van der Waals surface area contributed by atoms with Crippen molar-refractivity contribution in [2.45, 2.75) is 0 Å². The Morgan fingerprint density at radius 2 is 1.77 bits per heavy atom. The highest BCUT2D eigenvalue weighted by atomic mass is 32.3. The second-order valence-corrected chi connectivity index (χ2v) is 2.26. The molecular formula is C2H2O10S. The quantitative estimate of drug-likeness (QED) is 0.208. The molecular weight excluding hydrogens is 216 g/mol. The Labute approximate surface area is 70.4 Å². The fourth-order valence-electron chi connectivity index (χ4n) is 0.165. The number of carbonyl (C=O) groups is 2. The van der Waals surface area contributed by atoms with Crippen molar-refractivity contribution in [1.82, 2.24) is 0 Å². The zero-order valence-corrected chi connectivity index (χ0v) is 6.39. The standard InChI is InChI=1S/C2H2O10S/c3-1(4)9-2(5)10-11-12-13(6,7)8/h(H,3,4)(H,6,7,8). The van der Waals surface area contributed by atoms with Gasteiger partial charge in [-0.2, -0.15) is 13.2 Å². The summed E-state index contributed by atoms with van der Waals surface area (Å²) < 4.78 is 33.4. The third-order valence-electron chi connectivity index (χ3n) is 0.386. The van der Waals surface area contributed by atoms with Gasteiger partial charge in [-0.05, 0) is 4.33 Å². The monoisotopic (exact) mass is 218 g/mol. The van der Waals surface area contributed by atoms with Crippen molar-refractivity contribution < 1.29 is 46.7 Å². The summed E-state index contributed by atoms with van der Waals surface area (Å²) in [4.78, 5) is 22.8. The second-order valence-electron chi connectivity index (χ2n) is 1.27. The minimum atomic E-state index is -4.95. The molecule has 0 radical (unpaired) electrons. The van der Waals surface area contributed by atoms with Crippen molar-refractivity contribution in [3.05, 3.63) is 0 Å². The van der Waals surface area contributed by atoms with Gasteiger partial charge in [0.15, 0.2) is 0 Å². The van der Waals surface area contributed by atoms with Gasteiger partial charge in [-0.15, -0.1) is 0 Å². The van der Waals surface area contributed by atoms with Crippen molar-refractivity contribution in [2.24, 2.45) is 0 Å². The van der Waals surface area contributed by atoms with E-state index in [1.54, 1.807) is 0 Å². The molecule has 0 amide bonds. The Balaban J connectivity index is 3.67. The number of rotatable bonds is 3. The molecule has 0 saturated carbocycles. The molecule has 10 nitrogen and oxygen atoms in total. The Morgan fingerprint density at radius 3 is 2.15 bits per heavy atom. The summed E-state index contributed by atoms with van der Waals surface area (Å²) in [6.45, 7) is 0. The van der Waals surface area contributed by atoms with E-state index in [-0.39, 0.29) is 0 Å². The van der Waals surface area contributed by atoms with Crippen LogP contribution in [0.3, 0.4) is 0 Å². The molecule has 0 aliphatic rings. The molecule has 76 valence electrons. The van der Waals surface area contributed by atoms with Gasteiger partial charge < -0.3 is 9.84 Å². The molecule has 0 unspecified atom stereocenters. The summed E-state index contributed by atoms with van der Waals surface area (Å²) in [5.41, 5.74) is 0. The number of carbonyl (C=O) groups excluding carboxylic acids is 1. The molecule has 0 aliphatic carbocycles. The second kappa shape index (κ2) is 4.56. The third-order valence-corrected chi connectivity index (χ3v) is 0.614. The van der Waals surface area contributed by atoms with Gasteiger partial charge in [0.05, 0.1) is 0 Å². The van der Waals surface area contributed by atoms with E-state index in [0.29, 0.717) is 0 Å². The maximum atomic E-state index is 10.0. The number of hydrogen-bond acceptors (Lipinski definition) is 8. The van der Waals surface area contributed by atoms with Crippen molar-refractivity contribution >= 4 is 22.7 Å². The van der Waals surface area contributed by atoms with Gasteiger partial charge in [-0.3, -0.25) is 4.55 Å². The molecule has 2 N–H and O–H groups in total. The fraction of sp³-hybridized carbons (Fsp3) is 0. The molecule has 0 atom stereocenters. The van der Waals surface area contributed by atoms with Gasteiger partial charge in [0, 0.05) is 5.04 Å². The van der Waals surface area contributed by atoms with Crippen LogP contribution in [0.25, 0.3) is 0 Å². The lowest BCUT2D eigenvalue weighted by Gasteiger charge is -1.96. The molecule has 0 saturated heterocycles. The average Bonchev–Trinajstić information content (AvgIpc) is 1.81. The summed E-state index contributed by atoms with van der Waals surface area (Å²) in [5.74, 6) is 0. The first-order chi connectivity index (χ1) is 5.81. The highest BCUT2D eigenvalue weighted by Gasteiger charge is 2.14. The molecule has 0 heterocycles. The van der Waals surface area contributed by atoms with Crippen molar-refractivity contribution in [2.75, 3.05) is 0 Å². The van der Waals surface area contributed by atoms with Gasteiger partial charge in [0.2, 0.25) is 0 Å². The summed E-state index contributed by atoms with van der Waals surface area (Å²) in [5, 5.41) is 10.8. The summed E-state index contributed by atoms with van der Waals surface area (Å²) in [7, 11) is -4.95. The molecule has 0 rings (SSSR count). The molecule has 11 heteroatoms. The van der Waals surface area contributed by atoms with E-state index < -0.39 is 22.7 Å². The van der Waals surface area contributed by atoms with Crippen molar-refractivity contribution in [3.8, 4) is 0 Å². The summed E-state index contributed by atoms with van der Waals surface area (Å²) in [6, 6.07) is 0. The average molecular weight is 218 g/mol. The first-order valence-corrected chi connectivity index (χ1v) is 3.63. The maximum absolute atomic E-state index is 10.0. The molecule has 0 aromatic heterocycles.